The molecular weight excluding hydrogens is 258 g/mol. The Morgan fingerprint density at radius 1 is 1.32 bits per heavy atom. The zero-order valence-electron chi connectivity index (χ0n) is 11.7. The minimum atomic E-state index is -0.0602. The summed E-state index contributed by atoms with van der Waals surface area (Å²) in [7, 11) is 0. The van der Waals surface area contributed by atoms with Gasteiger partial charge < -0.3 is 10.4 Å². The highest BCUT2D eigenvalue weighted by molar-refractivity contribution is 7.98. The molecule has 0 aromatic heterocycles. The average molecular weight is 281 g/mol. The largest absolute Gasteiger partial charge is 0.396 e. The summed E-state index contributed by atoms with van der Waals surface area (Å²) in [5, 5.41) is 11.9. The number of carbonyl (C=O) groups excluding carboxylic acids is 1. The highest BCUT2D eigenvalue weighted by Gasteiger charge is 2.11. The van der Waals surface area contributed by atoms with E-state index in [9.17, 15) is 4.79 Å². The number of carbonyl (C=O) groups is 1. The van der Waals surface area contributed by atoms with E-state index in [1.165, 1.54) is 5.56 Å². The van der Waals surface area contributed by atoms with Crippen LogP contribution in [0.3, 0.4) is 0 Å². The molecule has 0 aliphatic rings. The van der Waals surface area contributed by atoms with E-state index in [2.05, 4.69) is 12.2 Å². The minimum absolute atomic E-state index is 0.0489. The Balaban J connectivity index is 2.56. The molecule has 0 spiro atoms. The third kappa shape index (κ3) is 5.66. The van der Waals surface area contributed by atoms with E-state index >= 15 is 0 Å². The lowest BCUT2D eigenvalue weighted by Crippen LogP contribution is -2.35. The molecule has 1 aromatic carbocycles. The fraction of sp³-hybridized carbons (Fsp3) is 0.533. The van der Waals surface area contributed by atoms with Crippen LogP contribution in [0.5, 0.6) is 0 Å². The van der Waals surface area contributed by atoms with E-state index in [0.717, 1.165) is 17.9 Å². The smallest absolute Gasteiger partial charge is 0.251 e. The Labute approximate surface area is 119 Å². The number of aliphatic hydroxyl groups is 1. The molecular formula is C15H23NO2S. The zero-order chi connectivity index (χ0) is 14.1. The van der Waals surface area contributed by atoms with Gasteiger partial charge in [0.05, 0.1) is 0 Å². The van der Waals surface area contributed by atoms with Crippen LogP contribution in [0.15, 0.2) is 24.3 Å². The normalized spacial score (nSPS) is 12.2. The van der Waals surface area contributed by atoms with Crippen molar-refractivity contribution in [2.75, 3.05) is 12.4 Å². The second kappa shape index (κ2) is 8.99. The third-order valence-electron chi connectivity index (χ3n) is 2.99. The fourth-order valence-electron chi connectivity index (χ4n) is 1.78. The maximum atomic E-state index is 12.0. The fourth-order valence-corrected chi connectivity index (χ4v) is 2.41. The number of thioether (sulfide) groups is 1. The quantitative estimate of drug-likeness (QED) is 0.770. The van der Waals surface area contributed by atoms with Crippen molar-refractivity contribution in [1.82, 2.24) is 5.32 Å². The van der Waals surface area contributed by atoms with Crippen LogP contribution in [0.1, 0.15) is 42.6 Å². The van der Waals surface area contributed by atoms with Gasteiger partial charge in [-0.05, 0) is 36.3 Å². The first-order valence-corrected chi connectivity index (χ1v) is 7.95. The van der Waals surface area contributed by atoms with Crippen molar-refractivity contribution in [2.45, 2.75) is 38.5 Å². The number of hydrogen-bond donors (Lipinski definition) is 2. The maximum Gasteiger partial charge on any atom is 0.251 e. The SMILES string of the molecule is CCSCc1ccc(C(=O)NC(CC)CCO)cc1. The van der Waals surface area contributed by atoms with Crippen LogP contribution in [0, 0.1) is 0 Å². The summed E-state index contributed by atoms with van der Waals surface area (Å²) >= 11 is 1.87. The summed E-state index contributed by atoms with van der Waals surface area (Å²) in [5.41, 5.74) is 1.92. The number of aliphatic hydroxyl groups excluding tert-OH is 1. The highest BCUT2D eigenvalue weighted by atomic mass is 32.2. The molecule has 1 unspecified atom stereocenters. The van der Waals surface area contributed by atoms with Gasteiger partial charge in [0.2, 0.25) is 0 Å². The molecule has 3 nitrogen and oxygen atoms in total. The Hall–Kier alpha value is -1.00. The molecule has 0 aliphatic carbocycles. The van der Waals surface area contributed by atoms with Crippen LogP contribution in [0.25, 0.3) is 0 Å². The molecule has 0 bridgehead atoms. The second-order valence-corrected chi connectivity index (χ2v) is 5.70. The van der Waals surface area contributed by atoms with Gasteiger partial charge in [0, 0.05) is 24.0 Å². The first-order valence-electron chi connectivity index (χ1n) is 6.79. The average Bonchev–Trinajstić information content (AvgIpc) is 2.45. The van der Waals surface area contributed by atoms with Gasteiger partial charge >= 0.3 is 0 Å². The number of benzene rings is 1. The molecule has 19 heavy (non-hydrogen) atoms. The molecule has 0 saturated heterocycles. The highest BCUT2D eigenvalue weighted by Crippen LogP contribution is 2.13. The van der Waals surface area contributed by atoms with Crippen molar-refractivity contribution in [3.05, 3.63) is 35.4 Å². The van der Waals surface area contributed by atoms with Crippen LogP contribution in [0.4, 0.5) is 0 Å². The van der Waals surface area contributed by atoms with E-state index in [-0.39, 0.29) is 18.6 Å². The van der Waals surface area contributed by atoms with E-state index in [1.54, 1.807) is 0 Å². The zero-order valence-corrected chi connectivity index (χ0v) is 12.5. The van der Waals surface area contributed by atoms with Crippen molar-refractivity contribution >= 4 is 17.7 Å². The van der Waals surface area contributed by atoms with Gasteiger partial charge in [-0.2, -0.15) is 11.8 Å². The van der Waals surface area contributed by atoms with Crippen LogP contribution >= 0.6 is 11.8 Å². The lowest BCUT2D eigenvalue weighted by atomic mass is 10.1. The molecule has 0 radical (unpaired) electrons. The van der Waals surface area contributed by atoms with Crippen LogP contribution < -0.4 is 5.32 Å². The van der Waals surface area contributed by atoms with Gasteiger partial charge in [-0.25, -0.2) is 0 Å². The number of nitrogens with one attached hydrogen (secondary N) is 1. The molecule has 2 N–H and O–H groups in total. The first kappa shape index (κ1) is 16.1. The lowest BCUT2D eigenvalue weighted by Gasteiger charge is -2.15. The molecule has 1 atom stereocenters. The number of rotatable bonds is 8. The number of amides is 1. The molecule has 4 heteroatoms. The molecule has 0 aliphatic heterocycles. The first-order chi connectivity index (χ1) is 9.21. The van der Waals surface area contributed by atoms with Crippen LogP contribution in [-0.2, 0) is 5.75 Å². The van der Waals surface area contributed by atoms with Gasteiger partial charge in [0.1, 0.15) is 0 Å². The van der Waals surface area contributed by atoms with Gasteiger partial charge in [-0.1, -0.05) is 26.0 Å². The van der Waals surface area contributed by atoms with Crippen LogP contribution in [-0.4, -0.2) is 29.4 Å². The Morgan fingerprint density at radius 2 is 2.00 bits per heavy atom. The molecule has 106 valence electrons. The van der Waals surface area contributed by atoms with Crippen molar-refractivity contribution in [2.24, 2.45) is 0 Å². The predicted octanol–water partition coefficient (Wildman–Crippen LogP) is 2.83. The summed E-state index contributed by atoms with van der Waals surface area (Å²) in [6, 6.07) is 7.79. The van der Waals surface area contributed by atoms with E-state index in [4.69, 9.17) is 5.11 Å². The van der Waals surface area contributed by atoms with E-state index in [0.29, 0.717) is 12.0 Å². The van der Waals surface area contributed by atoms with Crippen molar-refractivity contribution < 1.29 is 9.90 Å². The summed E-state index contributed by atoms with van der Waals surface area (Å²) in [4.78, 5) is 12.0. The van der Waals surface area contributed by atoms with Crippen molar-refractivity contribution in [3.63, 3.8) is 0 Å². The molecule has 0 saturated carbocycles. The van der Waals surface area contributed by atoms with Gasteiger partial charge in [-0.3, -0.25) is 4.79 Å². The third-order valence-corrected chi connectivity index (χ3v) is 3.94. The molecule has 0 heterocycles. The Morgan fingerprint density at radius 3 is 2.53 bits per heavy atom. The number of hydrogen-bond acceptors (Lipinski definition) is 3. The lowest BCUT2D eigenvalue weighted by molar-refractivity contribution is 0.0929. The predicted molar refractivity (Wildman–Crippen MR) is 81.5 cm³/mol. The van der Waals surface area contributed by atoms with Crippen LogP contribution in [0.2, 0.25) is 0 Å². The van der Waals surface area contributed by atoms with E-state index < -0.39 is 0 Å². The Bertz CT molecular complexity index is 378. The molecule has 0 fully saturated rings. The van der Waals surface area contributed by atoms with Gasteiger partial charge in [0.15, 0.2) is 0 Å². The maximum absolute atomic E-state index is 12.0. The molecule has 1 rings (SSSR count). The monoisotopic (exact) mass is 281 g/mol. The van der Waals surface area contributed by atoms with Crippen molar-refractivity contribution in [1.29, 1.82) is 0 Å². The summed E-state index contributed by atoms with van der Waals surface area (Å²) in [6.07, 6.45) is 1.44. The molecule has 1 amide bonds. The van der Waals surface area contributed by atoms with Gasteiger partial charge in [-0.15, -0.1) is 0 Å². The van der Waals surface area contributed by atoms with Gasteiger partial charge in [0.25, 0.3) is 5.91 Å². The standard InChI is InChI=1S/C15H23NO2S/c1-3-14(9-10-17)16-15(18)13-7-5-12(6-8-13)11-19-4-2/h5-8,14,17H,3-4,9-11H2,1-2H3,(H,16,18). The van der Waals surface area contributed by atoms with Crippen molar-refractivity contribution in [3.8, 4) is 0 Å². The topological polar surface area (TPSA) is 49.3 Å². The second-order valence-electron chi connectivity index (χ2n) is 4.42. The molecule has 1 aromatic rings. The minimum Gasteiger partial charge on any atom is -0.396 e. The van der Waals surface area contributed by atoms with E-state index in [1.807, 2.05) is 43.0 Å². The summed E-state index contributed by atoms with van der Waals surface area (Å²) in [5.74, 6) is 2.03. The summed E-state index contributed by atoms with van der Waals surface area (Å²) in [6.45, 7) is 4.25. The summed E-state index contributed by atoms with van der Waals surface area (Å²) < 4.78 is 0. The Kier molecular flexibility index (Phi) is 7.60.